The second-order valence-electron chi connectivity index (χ2n) is 5.89. The molecule has 5 nitrogen and oxygen atoms in total. The number of benzene rings is 1. The van der Waals surface area contributed by atoms with Crippen LogP contribution in [0, 0.1) is 11.3 Å². The molecule has 3 aromatic rings. The molecule has 120 valence electrons. The van der Waals surface area contributed by atoms with Gasteiger partial charge in [0.2, 0.25) is 0 Å². The van der Waals surface area contributed by atoms with Gasteiger partial charge >= 0.3 is 0 Å². The predicted molar refractivity (Wildman–Crippen MR) is 94.8 cm³/mol. The van der Waals surface area contributed by atoms with E-state index in [2.05, 4.69) is 50.4 Å². The summed E-state index contributed by atoms with van der Waals surface area (Å²) in [6, 6.07) is 12.4. The molecule has 1 aliphatic rings. The van der Waals surface area contributed by atoms with Crippen LogP contribution in [0.2, 0.25) is 0 Å². The summed E-state index contributed by atoms with van der Waals surface area (Å²) in [4.78, 5) is 1.15. The number of rotatable bonds is 4. The summed E-state index contributed by atoms with van der Waals surface area (Å²) in [5, 5.41) is 22.8. The Morgan fingerprint density at radius 2 is 2.08 bits per heavy atom. The minimum Gasteiger partial charge on any atom is -0.380 e. The number of thiophene rings is 1. The smallest absolute Gasteiger partial charge is 0.163 e. The molecule has 1 N–H and O–H groups in total. The summed E-state index contributed by atoms with van der Waals surface area (Å²) in [5.41, 5.74) is 2.89. The molecule has 0 saturated carbocycles. The molecular weight excluding hydrogens is 318 g/mol. The Balaban J connectivity index is 1.47. The minimum absolute atomic E-state index is 0.726. The lowest BCUT2D eigenvalue weighted by atomic mass is 10.1. The van der Waals surface area contributed by atoms with E-state index in [0.717, 1.165) is 52.9 Å². The first-order valence-corrected chi connectivity index (χ1v) is 8.95. The van der Waals surface area contributed by atoms with Crippen LogP contribution in [0.4, 0.5) is 5.69 Å². The third-order valence-electron chi connectivity index (χ3n) is 4.25. The van der Waals surface area contributed by atoms with Crippen LogP contribution in [0.25, 0.3) is 11.4 Å². The number of anilines is 1. The van der Waals surface area contributed by atoms with Gasteiger partial charge < -0.3 is 9.88 Å². The molecule has 0 fully saturated rings. The van der Waals surface area contributed by atoms with Gasteiger partial charge in [0.15, 0.2) is 5.82 Å². The summed E-state index contributed by atoms with van der Waals surface area (Å²) in [5.74, 6) is 2.07. The van der Waals surface area contributed by atoms with Gasteiger partial charge in [-0.3, -0.25) is 0 Å². The molecule has 1 aromatic carbocycles. The average Bonchev–Trinajstić information content (AvgIpc) is 3.27. The van der Waals surface area contributed by atoms with Crippen molar-refractivity contribution in [1.82, 2.24) is 14.8 Å². The minimum atomic E-state index is 0.726. The monoisotopic (exact) mass is 335 g/mol. The normalized spacial score (nSPS) is 13.3. The molecule has 0 unspecified atom stereocenters. The number of aromatic nitrogens is 3. The fraction of sp³-hybridized carbons (Fsp3) is 0.278. The van der Waals surface area contributed by atoms with E-state index in [4.69, 9.17) is 5.26 Å². The highest BCUT2D eigenvalue weighted by Crippen LogP contribution is 2.24. The van der Waals surface area contributed by atoms with Crippen molar-refractivity contribution in [3.63, 3.8) is 0 Å². The summed E-state index contributed by atoms with van der Waals surface area (Å²) in [7, 11) is 0. The maximum Gasteiger partial charge on any atom is 0.163 e. The average molecular weight is 335 g/mol. The van der Waals surface area contributed by atoms with Gasteiger partial charge in [0.25, 0.3) is 0 Å². The van der Waals surface area contributed by atoms with Gasteiger partial charge in [0, 0.05) is 41.0 Å². The molecule has 4 rings (SSSR count). The maximum absolute atomic E-state index is 8.86. The summed E-state index contributed by atoms with van der Waals surface area (Å²) in [6.45, 7) is 1.74. The van der Waals surface area contributed by atoms with Crippen molar-refractivity contribution >= 4 is 17.0 Å². The Morgan fingerprint density at radius 3 is 2.88 bits per heavy atom. The van der Waals surface area contributed by atoms with Crippen molar-refractivity contribution in [2.45, 2.75) is 32.4 Å². The zero-order valence-electron chi connectivity index (χ0n) is 13.2. The number of nitriles is 1. The van der Waals surface area contributed by atoms with Crippen LogP contribution in [0.15, 0.2) is 35.7 Å². The SMILES string of the molecule is N#Cc1csc(CNc2ccc(-c3nnc4n3CCCC4)cc2)c1. The van der Waals surface area contributed by atoms with Gasteiger partial charge in [-0.1, -0.05) is 0 Å². The van der Waals surface area contributed by atoms with Crippen LogP contribution in [-0.2, 0) is 19.5 Å². The molecule has 3 heterocycles. The van der Waals surface area contributed by atoms with Crippen molar-refractivity contribution in [2.75, 3.05) is 5.32 Å². The van der Waals surface area contributed by atoms with Crippen LogP contribution in [0.5, 0.6) is 0 Å². The lowest BCUT2D eigenvalue weighted by molar-refractivity contribution is 0.526. The fourth-order valence-electron chi connectivity index (χ4n) is 2.98. The fourth-order valence-corrected chi connectivity index (χ4v) is 3.73. The number of aryl methyl sites for hydroxylation is 1. The standard InChI is InChI=1S/C18H17N5S/c19-10-13-9-16(24-12-13)11-20-15-6-4-14(5-7-15)18-22-21-17-3-1-2-8-23(17)18/h4-7,9,12,20H,1-3,8,11H2. The van der Waals surface area contributed by atoms with Crippen molar-refractivity contribution in [3.05, 3.63) is 52.0 Å². The zero-order chi connectivity index (χ0) is 16.4. The molecule has 0 spiro atoms. The van der Waals surface area contributed by atoms with E-state index in [-0.39, 0.29) is 0 Å². The molecule has 0 atom stereocenters. The summed E-state index contributed by atoms with van der Waals surface area (Å²) < 4.78 is 2.24. The quantitative estimate of drug-likeness (QED) is 0.787. The number of fused-ring (bicyclic) bond motifs is 1. The van der Waals surface area contributed by atoms with Crippen LogP contribution in [0.1, 0.15) is 29.1 Å². The Bertz CT molecular complexity index is 885. The van der Waals surface area contributed by atoms with E-state index in [1.165, 1.54) is 12.8 Å². The third-order valence-corrected chi connectivity index (χ3v) is 5.19. The van der Waals surface area contributed by atoms with Gasteiger partial charge in [-0.15, -0.1) is 21.5 Å². The van der Waals surface area contributed by atoms with Crippen molar-refractivity contribution in [1.29, 1.82) is 5.26 Å². The topological polar surface area (TPSA) is 66.5 Å². The molecule has 6 heteroatoms. The Hall–Kier alpha value is -2.65. The summed E-state index contributed by atoms with van der Waals surface area (Å²) >= 11 is 1.60. The first kappa shape index (κ1) is 14.9. The molecule has 24 heavy (non-hydrogen) atoms. The van der Waals surface area contributed by atoms with E-state index in [9.17, 15) is 0 Å². The third kappa shape index (κ3) is 2.91. The van der Waals surface area contributed by atoms with E-state index >= 15 is 0 Å². The van der Waals surface area contributed by atoms with Crippen molar-refractivity contribution in [3.8, 4) is 17.5 Å². The molecule has 0 amide bonds. The van der Waals surface area contributed by atoms with Gasteiger partial charge in [-0.2, -0.15) is 5.26 Å². The predicted octanol–water partition coefficient (Wildman–Crippen LogP) is 3.83. The molecule has 0 aliphatic carbocycles. The second kappa shape index (κ2) is 6.46. The number of hydrogen-bond donors (Lipinski definition) is 1. The lowest BCUT2D eigenvalue weighted by Gasteiger charge is -2.14. The van der Waals surface area contributed by atoms with Gasteiger partial charge in [-0.05, 0) is 43.2 Å². The van der Waals surface area contributed by atoms with Gasteiger partial charge in [0.1, 0.15) is 11.9 Å². The lowest BCUT2D eigenvalue weighted by Crippen LogP contribution is -2.11. The van der Waals surface area contributed by atoms with Gasteiger partial charge in [-0.25, -0.2) is 0 Å². The largest absolute Gasteiger partial charge is 0.380 e. The molecule has 2 aromatic heterocycles. The molecule has 1 aliphatic heterocycles. The van der Waals surface area contributed by atoms with E-state index in [1.807, 2.05) is 11.4 Å². The Labute approximate surface area is 144 Å². The number of hydrogen-bond acceptors (Lipinski definition) is 5. The Kier molecular flexibility index (Phi) is 4.01. The molecule has 0 bridgehead atoms. The molecule has 0 saturated heterocycles. The Morgan fingerprint density at radius 1 is 1.21 bits per heavy atom. The number of nitrogens with one attached hydrogen (secondary N) is 1. The highest BCUT2D eigenvalue weighted by atomic mass is 32.1. The van der Waals surface area contributed by atoms with E-state index in [1.54, 1.807) is 11.3 Å². The zero-order valence-corrected chi connectivity index (χ0v) is 14.0. The van der Waals surface area contributed by atoms with Crippen LogP contribution in [-0.4, -0.2) is 14.8 Å². The van der Waals surface area contributed by atoms with E-state index in [0.29, 0.717) is 0 Å². The van der Waals surface area contributed by atoms with Crippen molar-refractivity contribution < 1.29 is 0 Å². The highest BCUT2D eigenvalue weighted by molar-refractivity contribution is 7.10. The van der Waals surface area contributed by atoms with Crippen molar-refractivity contribution in [2.24, 2.45) is 0 Å². The first-order valence-electron chi connectivity index (χ1n) is 8.07. The molecule has 0 radical (unpaired) electrons. The second-order valence-corrected chi connectivity index (χ2v) is 6.89. The molecular formula is C18H17N5S. The van der Waals surface area contributed by atoms with E-state index < -0.39 is 0 Å². The number of nitrogens with zero attached hydrogens (tertiary/aromatic N) is 4. The summed E-state index contributed by atoms with van der Waals surface area (Å²) in [6.07, 6.45) is 3.43. The van der Waals surface area contributed by atoms with Crippen LogP contribution in [0.3, 0.4) is 0 Å². The highest BCUT2D eigenvalue weighted by Gasteiger charge is 2.16. The first-order chi connectivity index (χ1) is 11.8. The van der Waals surface area contributed by atoms with Gasteiger partial charge in [0.05, 0.1) is 5.56 Å². The van der Waals surface area contributed by atoms with Crippen LogP contribution < -0.4 is 5.32 Å². The van der Waals surface area contributed by atoms with Crippen LogP contribution >= 0.6 is 11.3 Å². The maximum atomic E-state index is 8.86.